The Hall–Kier alpha value is -3.17. The number of hydrogen-bond acceptors (Lipinski definition) is 4. The van der Waals surface area contributed by atoms with E-state index >= 15 is 0 Å². The van der Waals surface area contributed by atoms with Gasteiger partial charge in [0, 0.05) is 5.69 Å². The largest absolute Gasteiger partial charge is 0.323 e. The zero-order valence-corrected chi connectivity index (χ0v) is 18.7. The molecule has 0 aliphatic heterocycles. The van der Waals surface area contributed by atoms with Crippen molar-refractivity contribution >= 4 is 23.4 Å². The van der Waals surface area contributed by atoms with Crippen molar-refractivity contribution in [1.29, 1.82) is 5.26 Å². The number of aryl methyl sites for hydroxylation is 1. The fourth-order valence-corrected chi connectivity index (χ4v) is 5.05. The second kappa shape index (κ2) is 9.97. The Balaban J connectivity index is 1.53. The van der Waals surface area contributed by atoms with Crippen LogP contribution >= 0.6 is 11.8 Å². The first-order chi connectivity index (χ1) is 15.6. The van der Waals surface area contributed by atoms with Crippen molar-refractivity contribution in [1.82, 2.24) is 4.98 Å². The highest BCUT2D eigenvalue weighted by atomic mass is 32.2. The lowest BCUT2D eigenvalue weighted by atomic mass is 9.82. The zero-order chi connectivity index (χ0) is 22.5. The van der Waals surface area contributed by atoms with Crippen LogP contribution in [0.4, 0.5) is 10.1 Å². The van der Waals surface area contributed by atoms with Gasteiger partial charge in [-0.05, 0) is 60.9 Å². The number of nitrogens with one attached hydrogen (secondary N) is 1. The van der Waals surface area contributed by atoms with E-state index in [0.717, 1.165) is 30.5 Å². The van der Waals surface area contributed by atoms with Crippen LogP contribution in [0.15, 0.2) is 65.7 Å². The number of halogens is 1. The molecule has 1 amide bonds. The van der Waals surface area contributed by atoms with E-state index in [-0.39, 0.29) is 11.6 Å². The van der Waals surface area contributed by atoms with Crippen LogP contribution < -0.4 is 5.32 Å². The maximum absolute atomic E-state index is 13.9. The van der Waals surface area contributed by atoms with Crippen LogP contribution in [0.5, 0.6) is 0 Å². The van der Waals surface area contributed by atoms with Gasteiger partial charge in [0.15, 0.2) is 0 Å². The Labute approximate surface area is 191 Å². The fourth-order valence-electron chi connectivity index (χ4n) is 4.06. The van der Waals surface area contributed by atoms with Crippen molar-refractivity contribution in [2.24, 2.45) is 0 Å². The third-order valence-corrected chi connectivity index (χ3v) is 7.16. The summed E-state index contributed by atoms with van der Waals surface area (Å²) in [6.45, 7) is 1.90. The maximum atomic E-state index is 13.9. The number of carbonyl (C=O) groups excluding carboxylic acids is 1. The van der Waals surface area contributed by atoms with Crippen LogP contribution in [0.2, 0.25) is 0 Å². The molecule has 4 rings (SSSR count). The van der Waals surface area contributed by atoms with Gasteiger partial charge in [-0.2, -0.15) is 5.26 Å². The highest BCUT2D eigenvalue weighted by Crippen LogP contribution is 2.36. The lowest BCUT2D eigenvalue weighted by Gasteiger charge is -2.25. The number of anilines is 1. The second-order valence-electron chi connectivity index (χ2n) is 7.89. The topological polar surface area (TPSA) is 65.8 Å². The molecular weight excluding hydrogens is 421 g/mol. The molecule has 4 nitrogen and oxygen atoms in total. The summed E-state index contributed by atoms with van der Waals surface area (Å²) in [5.41, 5.74) is 4.06. The molecule has 32 heavy (non-hydrogen) atoms. The van der Waals surface area contributed by atoms with Crippen LogP contribution in [0, 0.1) is 17.1 Å². The Morgan fingerprint density at radius 1 is 1.25 bits per heavy atom. The molecule has 0 bridgehead atoms. The Morgan fingerprint density at radius 2 is 2.00 bits per heavy atom. The van der Waals surface area contributed by atoms with E-state index < -0.39 is 11.1 Å². The summed E-state index contributed by atoms with van der Waals surface area (Å²) in [4.78, 5) is 17.6. The van der Waals surface area contributed by atoms with Crippen LogP contribution in [0.1, 0.15) is 48.1 Å². The van der Waals surface area contributed by atoms with Crippen molar-refractivity contribution in [2.45, 2.75) is 48.8 Å². The number of para-hydroxylation sites is 1. The van der Waals surface area contributed by atoms with Gasteiger partial charge in [0.05, 0.1) is 16.5 Å². The van der Waals surface area contributed by atoms with Gasteiger partial charge >= 0.3 is 0 Å². The highest BCUT2D eigenvalue weighted by Gasteiger charge is 2.26. The van der Waals surface area contributed by atoms with Gasteiger partial charge in [-0.15, -0.1) is 0 Å². The predicted octanol–water partition coefficient (Wildman–Crippen LogP) is 5.87. The summed E-state index contributed by atoms with van der Waals surface area (Å²) in [6, 6.07) is 20.7. The predicted molar refractivity (Wildman–Crippen MR) is 125 cm³/mol. The first-order valence-corrected chi connectivity index (χ1v) is 11.7. The molecule has 0 saturated heterocycles. The molecule has 1 aromatic heterocycles. The van der Waals surface area contributed by atoms with E-state index in [4.69, 9.17) is 4.98 Å². The lowest BCUT2D eigenvalue weighted by Crippen LogP contribution is -2.25. The minimum atomic E-state index is -0.479. The molecule has 1 heterocycles. The Kier molecular flexibility index (Phi) is 6.87. The number of hydrogen-bond donors (Lipinski definition) is 1. The van der Waals surface area contributed by atoms with Crippen LogP contribution in [0.3, 0.4) is 0 Å². The number of pyridine rings is 1. The minimum absolute atomic E-state index is 0.155. The number of nitriles is 1. The third-order valence-electron chi connectivity index (χ3n) is 5.79. The van der Waals surface area contributed by atoms with Gasteiger partial charge in [0.2, 0.25) is 5.91 Å². The van der Waals surface area contributed by atoms with Crippen LogP contribution in [-0.2, 0) is 17.6 Å². The quantitative estimate of drug-likeness (QED) is 0.482. The van der Waals surface area contributed by atoms with Crippen molar-refractivity contribution in [3.05, 3.63) is 88.9 Å². The van der Waals surface area contributed by atoms with E-state index in [1.807, 2.05) is 19.1 Å². The summed E-state index contributed by atoms with van der Waals surface area (Å²) >= 11 is 1.28. The molecule has 1 aliphatic rings. The Bertz CT molecular complexity index is 1160. The third kappa shape index (κ3) is 4.84. The number of carbonyl (C=O) groups is 1. The first-order valence-electron chi connectivity index (χ1n) is 10.8. The molecule has 0 saturated carbocycles. The number of amides is 1. The summed E-state index contributed by atoms with van der Waals surface area (Å²) in [5, 5.41) is 12.5. The number of rotatable bonds is 6. The summed E-state index contributed by atoms with van der Waals surface area (Å²) in [5.74, 6) is -0.348. The van der Waals surface area contributed by atoms with Crippen LogP contribution in [-0.4, -0.2) is 16.1 Å². The molecule has 2 aromatic carbocycles. The average Bonchev–Trinajstić information content (AvgIpc) is 2.83. The van der Waals surface area contributed by atoms with Gasteiger partial charge in [-0.3, -0.25) is 4.79 Å². The van der Waals surface area contributed by atoms with Gasteiger partial charge in [-0.1, -0.05) is 61.2 Å². The normalized spacial score (nSPS) is 16.0. The molecule has 6 heteroatoms. The lowest BCUT2D eigenvalue weighted by molar-refractivity contribution is -0.115. The molecule has 2 atom stereocenters. The SMILES string of the molecule is CCC(Sc1nc2c(cc1C#N)CC(c1ccccc1)CC2)C(=O)Nc1ccccc1F. The van der Waals surface area contributed by atoms with E-state index in [9.17, 15) is 14.4 Å². The molecule has 162 valence electrons. The van der Waals surface area contributed by atoms with E-state index in [0.29, 0.717) is 22.9 Å². The monoisotopic (exact) mass is 445 g/mol. The van der Waals surface area contributed by atoms with Crippen LogP contribution in [0.25, 0.3) is 0 Å². The van der Waals surface area contributed by atoms with Gasteiger partial charge in [0.25, 0.3) is 0 Å². The van der Waals surface area contributed by atoms with Gasteiger partial charge in [0.1, 0.15) is 16.9 Å². The Morgan fingerprint density at radius 3 is 2.72 bits per heavy atom. The van der Waals surface area contributed by atoms with Crippen molar-refractivity contribution in [3.8, 4) is 6.07 Å². The second-order valence-corrected chi connectivity index (χ2v) is 9.08. The molecular formula is C26H24FN3OS. The van der Waals surface area contributed by atoms with E-state index in [2.05, 4.69) is 35.7 Å². The smallest absolute Gasteiger partial charge is 0.237 e. The highest BCUT2D eigenvalue weighted by molar-refractivity contribution is 8.00. The molecule has 0 spiro atoms. The van der Waals surface area contributed by atoms with E-state index in [1.54, 1.807) is 12.1 Å². The fraction of sp³-hybridized carbons (Fsp3) is 0.269. The average molecular weight is 446 g/mol. The number of thioether (sulfide) groups is 1. The summed E-state index contributed by atoms with van der Waals surface area (Å²) < 4.78 is 13.9. The van der Waals surface area contributed by atoms with E-state index in [1.165, 1.54) is 29.5 Å². The summed E-state index contributed by atoms with van der Waals surface area (Å²) in [7, 11) is 0. The molecule has 0 fully saturated rings. The van der Waals surface area contributed by atoms with Crippen molar-refractivity contribution < 1.29 is 9.18 Å². The molecule has 1 aliphatic carbocycles. The van der Waals surface area contributed by atoms with Crippen molar-refractivity contribution in [3.63, 3.8) is 0 Å². The number of fused-ring (bicyclic) bond motifs is 1. The van der Waals surface area contributed by atoms with Gasteiger partial charge < -0.3 is 5.32 Å². The minimum Gasteiger partial charge on any atom is -0.323 e. The first kappa shape index (κ1) is 22.0. The maximum Gasteiger partial charge on any atom is 0.237 e. The summed E-state index contributed by atoms with van der Waals surface area (Å²) in [6.07, 6.45) is 3.24. The van der Waals surface area contributed by atoms with Crippen molar-refractivity contribution in [2.75, 3.05) is 5.32 Å². The molecule has 0 radical (unpaired) electrons. The standard InChI is InChI=1S/C26H24FN3OS/c1-2-24(25(31)29-23-11-7-6-10-21(23)27)32-26-20(16-28)15-19-14-18(12-13-22(19)30-26)17-8-4-3-5-9-17/h3-11,15,18,24H,2,12-14H2,1H3,(H,29,31). The van der Waals surface area contributed by atoms with Gasteiger partial charge in [-0.25, -0.2) is 9.37 Å². The number of nitrogens with zero attached hydrogens (tertiary/aromatic N) is 2. The zero-order valence-electron chi connectivity index (χ0n) is 17.8. The molecule has 3 aromatic rings. The molecule has 1 N–H and O–H groups in total. The molecule has 2 unspecified atom stereocenters. The number of benzene rings is 2. The number of aromatic nitrogens is 1.